The maximum atomic E-state index is 11.1. The molecule has 3 nitrogen and oxygen atoms in total. The maximum Gasteiger partial charge on any atom is 0.224 e. The number of amides is 1. The summed E-state index contributed by atoms with van der Waals surface area (Å²) in [5.41, 5.74) is 0. The van der Waals surface area contributed by atoms with Crippen molar-refractivity contribution in [1.82, 2.24) is 10.6 Å². The summed E-state index contributed by atoms with van der Waals surface area (Å²) in [6, 6.07) is 0. The van der Waals surface area contributed by atoms with Crippen molar-refractivity contribution in [3.8, 4) is 0 Å². The molecule has 2 bridgehead atoms. The van der Waals surface area contributed by atoms with E-state index < -0.39 is 0 Å². The SMILES string of the molecule is O=C1NC[C@H]2CNC[C@@H]1C2. The van der Waals surface area contributed by atoms with Gasteiger partial charge in [-0.1, -0.05) is 0 Å². The average Bonchev–Trinajstić information content (AvgIpc) is 1.99. The van der Waals surface area contributed by atoms with Gasteiger partial charge in [0.15, 0.2) is 0 Å². The molecule has 0 unspecified atom stereocenters. The fourth-order valence-electron chi connectivity index (χ4n) is 1.78. The highest BCUT2D eigenvalue weighted by Gasteiger charge is 2.31. The largest absolute Gasteiger partial charge is 0.355 e. The van der Waals surface area contributed by atoms with Crippen molar-refractivity contribution in [2.24, 2.45) is 11.8 Å². The Kier molecular flexibility index (Phi) is 1.38. The Morgan fingerprint density at radius 3 is 3.00 bits per heavy atom. The number of rotatable bonds is 0. The number of carbonyl (C=O) groups is 1. The van der Waals surface area contributed by atoms with Crippen LogP contribution in [0, 0.1) is 11.8 Å². The van der Waals surface area contributed by atoms with Crippen molar-refractivity contribution in [2.75, 3.05) is 19.6 Å². The van der Waals surface area contributed by atoms with Crippen LogP contribution in [0.3, 0.4) is 0 Å². The fourth-order valence-corrected chi connectivity index (χ4v) is 1.78. The Hall–Kier alpha value is -0.570. The summed E-state index contributed by atoms with van der Waals surface area (Å²) in [5, 5.41) is 6.16. The molecule has 2 rings (SSSR count). The van der Waals surface area contributed by atoms with E-state index in [4.69, 9.17) is 0 Å². The van der Waals surface area contributed by atoms with E-state index in [-0.39, 0.29) is 11.8 Å². The molecule has 2 saturated heterocycles. The second-order valence-corrected chi connectivity index (χ2v) is 3.20. The van der Waals surface area contributed by atoms with E-state index in [0.717, 1.165) is 26.1 Å². The third-order valence-corrected chi connectivity index (χ3v) is 2.38. The molecule has 2 atom stereocenters. The Morgan fingerprint density at radius 1 is 1.30 bits per heavy atom. The molecule has 10 heavy (non-hydrogen) atoms. The summed E-state index contributed by atoms with van der Waals surface area (Å²) in [4.78, 5) is 11.1. The van der Waals surface area contributed by atoms with E-state index >= 15 is 0 Å². The third-order valence-electron chi connectivity index (χ3n) is 2.38. The van der Waals surface area contributed by atoms with Gasteiger partial charge in [0.1, 0.15) is 0 Å². The number of carbonyl (C=O) groups excluding carboxylic acids is 1. The summed E-state index contributed by atoms with van der Waals surface area (Å²) < 4.78 is 0. The van der Waals surface area contributed by atoms with Gasteiger partial charge in [0.2, 0.25) is 5.91 Å². The van der Waals surface area contributed by atoms with Crippen LogP contribution in [0.4, 0.5) is 0 Å². The molecule has 2 fully saturated rings. The monoisotopic (exact) mass is 140 g/mol. The molecule has 3 heteroatoms. The molecule has 0 spiro atoms. The van der Waals surface area contributed by atoms with Crippen molar-refractivity contribution in [2.45, 2.75) is 6.42 Å². The molecule has 0 saturated carbocycles. The first-order chi connectivity index (χ1) is 4.86. The molecule has 2 aliphatic heterocycles. The predicted molar refractivity (Wildman–Crippen MR) is 37.5 cm³/mol. The lowest BCUT2D eigenvalue weighted by molar-refractivity contribution is -0.128. The molecule has 56 valence electrons. The highest BCUT2D eigenvalue weighted by atomic mass is 16.2. The van der Waals surface area contributed by atoms with Crippen molar-refractivity contribution in [3.63, 3.8) is 0 Å². The molecule has 2 heterocycles. The normalized spacial score (nSPS) is 39.0. The lowest BCUT2D eigenvalue weighted by Crippen LogP contribution is -2.52. The van der Waals surface area contributed by atoms with Crippen molar-refractivity contribution in [3.05, 3.63) is 0 Å². The topological polar surface area (TPSA) is 41.1 Å². The first-order valence-electron chi connectivity index (χ1n) is 3.84. The number of piperidine rings is 2. The van der Waals surface area contributed by atoms with Gasteiger partial charge in [-0.25, -0.2) is 0 Å². The zero-order valence-corrected chi connectivity index (χ0v) is 5.89. The third kappa shape index (κ3) is 0.904. The van der Waals surface area contributed by atoms with Crippen molar-refractivity contribution >= 4 is 5.91 Å². The molecule has 1 amide bonds. The van der Waals surface area contributed by atoms with Gasteiger partial charge in [0, 0.05) is 13.1 Å². The second-order valence-electron chi connectivity index (χ2n) is 3.20. The van der Waals surface area contributed by atoms with Gasteiger partial charge in [-0.15, -0.1) is 0 Å². The summed E-state index contributed by atoms with van der Waals surface area (Å²) >= 11 is 0. The number of hydrogen-bond acceptors (Lipinski definition) is 2. The van der Waals surface area contributed by atoms with E-state index in [9.17, 15) is 4.79 Å². The molecule has 2 N–H and O–H groups in total. The van der Waals surface area contributed by atoms with Gasteiger partial charge in [0.05, 0.1) is 5.92 Å². The van der Waals surface area contributed by atoms with Crippen molar-refractivity contribution in [1.29, 1.82) is 0 Å². The van der Waals surface area contributed by atoms with E-state index in [1.54, 1.807) is 0 Å². The molecular formula is C7H12N2O. The molecular weight excluding hydrogens is 128 g/mol. The minimum atomic E-state index is 0.239. The zero-order valence-electron chi connectivity index (χ0n) is 5.89. The Labute approximate surface area is 60.2 Å². The van der Waals surface area contributed by atoms with Gasteiger partial charge in [-0.05, 0) is 18.9 Å². The smallest absolute Gasteiger partial charge is 0.224 e. The van der Waals surface area contributed by atoms with E-state index in [1.807, 2.05) is 0 Å². The highest BCUT2D eigenvalue weighted by molar-refractivity contribution is 5.79. The van der Waals surface area contributed by atoms with Crippen LogP contribution in [0.1, 0.15) is 6.42 Å². The maximum absolute atomic E-state index is 11.1. The fraction of sp³-hybridized carbons (Fsp3) is 0.857. The number of hydrogen-bond donors (Lipinski definition) is 2. The van der Waals surface area contributed by atoms with Crippen LogP contribution < -0.4 is 10.6 Å². The summed E-state index contributed by atoms with van der Waals surface area (Å²) in [6.07, 6.45) is 1.10. The quantitative estimate of drug-likeness (QED) is 0.469. The van der Waals surface area contributed by atoms with E-state index in [2.05, 4.69) is 10.6 Å². The number of nitrogens with one attached hydrogen (secondary N) is 2. The van der Waals surface area contributed by atoms with Gasteiger partial charge < -0.3 is 10.6 Å². The van der Waals surface area contributed by atoms with Crippen LogP contribution >= 0.6 is 0 Å². The van der Waals surface area contributed by atoms with Gasteiger partial charge >= 0.3 is 0 Å². The van der Waals surface area contributed by atoms with Crippen LogP contribution in [-0.2, 0) is 4.79 Å². The highest BCUT2D eigenvalue weighted by Crippen LogP contribution is 2.19. The van der Waals surface area contributed by atoms with Crippen LogP contribution in [0.5, 0.6) is 0 Å². The summed E-state index contributed by atoms with van der Waals surface area (Å²) in [7, 11) is 0. The first-order valence-corrected chi connectivity index (χ1v) is 3.84. The first kappa shape index (κ1) is 6.16. The van der Waals surface area contributed by atoms with Crippen LogP contribution in [0.25, 0.3) is 0 Å². The summed E-state index contributed by atoms with van der Waals surface area (Å²) in [6.45, 7) is 2.83. The standard InChI is InChI=1S/C7H12N2O/c10-7-6-1-5(3-9-7)2-8-4-6/h5-6,8H,1-4H2,(H,9,10)/t5-,6+/m1/s1. The van der Waals surface area contributed by atoms with Gasteiger partial charge in [-0.2, -0.15) is 0 Å². The van der Waals surface area contributed by atoms with E-state index in [1.165, 1.54) is 0 Å². The minimum Gasteiger partial charge on any atom is -0.355 e. The molecule has 0 aliphatic carbocycles. The van der Waals surface area contributed by atoms with Crippen LogP contribution in [0.2, 0.25) is 0 Å². The average molecular weight is 140 g/mol. The molecule has 2 aliphatic rings. The molecule has 0 aromatic rings. The predicted octanol–water partition coefficient (Wildman–Crippen LogP) is -0.658. The lowest BCUT2D eigenvalue weighted by Gasteiger charge is -2.34. The lowest BCUT2D eigenvalue weighted by atomic mass is 9.86. The van der Waals surface area contributed by atoms with Crippen molar-refractivity contribution < 1.29 is 4.79 Å². The van der Waals surface area contributed by atoms with E-state index in [0.29, 0.717) is 5.92 Å². The van der Waals surface area contributed by atoms with Crippen LogP contribution in [0.15, 0.2) is 0 Å². The second kappa shape index (κ2) is 2.23. The Bertz CT molecular complexity index is 158. The Balaban J connectivity index is 2.07. The minimum absolute atomic E-state index is 0.239. The summed E-state index contributed by atoms with van der Waals surface area (Å²) in [5.74, 6) is 1.19. The van der Waals surface area contributed by atoms with Gasteiger partial charge in [0.25, 0.3) is 0 Å². The van der Waals surface area contributed by atoms with Gasteiger partial charge in [-0.3, -0.25) is 4.79 Å². The Morgan fingerprint density at radius 2 is 2.20 bits per heavy atom. The van der Waals surface area contributed by atoms with Crippen LogP contribution in [-0.4, -0.2) is 25.5 Å². The number of fused-ring (bicyclic) bond motifs is 2. The molecule has 0 radical (unpaired) electrons. The zero-order chi connectivity index (χ0) is 6.97. The molecule has 0 aromatic heterocycles. The molecule has 0 aromatic carbocycles.